The molecule has 0 aliphatic carbocycles. The van der Waals surface area contributed by atoms with Crippen molar-refractivity contribution in [3.8, 4) is 11.5 Å². The van der Waals surface area contributed by atoms with Crippen LogP contribution in [0.25, 0.3) is 0 Å². The highest BCUT2D eigenvalue weighted by Crippen LogP contribution is 2.14. The van der Waals surface area contributed by atoms with Gasteiger partial charge in [0.1, 0.15) is 11.5 Å². The lowest BCUT2D eigenvalue weighted by molar-refractivity contribution is -0.878. The number of hydrogen-bond acceptors (Lipinski definition) is 7. The van der Waals surface area contributed by atoms with Gasteiger partial charge in [0.05, 0.1) is 0 Å². The molecule has 3 unspecified atom stereocenters. The third-order valence-corrected chi connectivity index (χ3v) is 3.65. The first-order chi connectivity index (χ1) is 11.5. The van der Waals surface area contributed by atoms with Gasteiger partial charge >= 0.3 is 0 Å². The Balaban J connectivity index is 1.75. The molecule has 4 N–H and O–H groups in total. The van der Waals surface area contributed by atoms with Crippen molar-refractivity contribution in [1.29, 1.82) is 0 Å². The molecule has 0 amide bonds. The van der Waals surface area contributed by atoms with E-state index in [1.54, 1.807) is 0 Å². The van der Waals surface area contributed by atoms with E-state index in [4.69, 9.17) is 4.84 Å². The van der Waals surface area contributed by atoms with E-state index in [1.807, 2.05) is 0 Å². The second kappa shape index (κ2) is 6.38. The number of quaternary nitrogens is 1. The van der Waals surface area contributed by atoms with Crippen LogP contribution in [0.4, 0.5) is 0 Å². The first-order valence-corrected chi connectivity index (χ1v) is 7.09. The van der Waals surface area contributed by atoms with Crippen LogP contribution in [0.1, 0.15) is 20.7 Å². The number of phenolic OH excluding ortho intramolecular Hbond substituents is 2. The molecule has 3 atom stereocenters. The molecule has 1 saturated heterocycles. The van der Waals surface area contributed by atoms with Crippen molar-refractivity contribution < 1.29 is 29.7 Å². The first kappa shape index (κ1) is 16.1. The molecule has 3 rings (SSSR count). The third kappa shape index (κ3) is 2.99. The predicted octanol–water partition coefficient (Wildman–Crippen LogP) is -0.267. The molecule has 0 bridgehead atoms. The first-order valence-electron chi connectivity index (χ1n) is 7.09. The maximum Gasteiger partial charge on any atom is 0.275 e. The van der Waals surface area contributed by atoms with Crippen molar-refractivity contribution in [2.75, 3.05) is 0 Å². The number of ketones is 2. The zero-order valence-electron chi connectivity index (χ0n) is 12.3. The minimum absolute atomic E-state index is 0.00566. The number of rotatable bonds is 4. The number of benzene rings is 2. The molecular formula is C16H14N2O6. The fourth-order valence-corrected chi connectivity index (χ4v) is 2.34. The molecule has 24 heavy (non-hydrogen) atoms. The molecule has 2 aromatic carbocycles. The number of aromatic hydroxyl groups is 2. The highest BCUT2D eigenvalue weighted by atomic mass is 16.7. The zero-order valence-corrected chi connectivity index (χ0v) is 12.3. The number of carbonyl (C=O) groups is 2. The Morgan fingerprint density at radius 2 is 1.38 bits per heavy atom. The molecule has 0 spiro atoms. The summed E-state index contributed by atoms with van der Waals surface area (Å²) >= 11 is 0. The zero-order chi connectivity index (χ0) is 17.3. The fourth-order valence-electron chi connectivity index (χ4n) is 2.34. The van der Waals surface area contributed by atoms with Gasteiger partial charge in [-0.2, -0.15) is 0 Å². The SMILES string of the molecule is O=C(c1ccc(O)cc1)C1NOC(C(=O)c2ccc(O)cc2)[NH+]1[O-]. The monoisotopic (exact) mass is 330 g/mol. The lowest BCUT2D eigenvalue weighted by atomic mass is 10.1. The average Bonchev–Trinajstić information content (AvgIpc) is 2.96. The summed E-state index contributed by atoms with van der Waals surface area (Å²) in [5.41, 5.74) is 2.69. The van der Waals surface area contributed by atoms with Crippen molar-refractivity contribution in [2.45, 2.75) is 12.4 Å². The van der Waals surface area contributed by atoms with E-state index in [2.05, 4.69) is 5.48 Å². The highest BCUT2D eigenvalue weighted by molar-refractivity contribution is 6.01. The van der Waals surface area contributed by atoms with Gasteiger partial charge in [-0.05, 0) is 48.5 Å². The van der Waals surface area contributed by atoms with E-state index in [0.717, 1.165) is 0 Å². The van der Waals surface area contributed by atoms with Gasteiger partial charge in [-0.1, -0.05) is 0 Å². The Hall–Kier alpha value is -2.78. The van der Waals surface area contributed by atoms with Gasteiger partial charge in [-0.3, -0.25) is 9.59 Å². The summed E-state index contributed by atoms with van der Waals surface area (Å²) in [6.07, 6.45) is -2.72. The van der Waals surface area contributed by atoms with Crippen molar-refractivity contribution >= 4 is 11.6 Å². The Morgan fingerprint density at radius 3 is 1.88 bits per heavy atom. The summed E-state index contributed by atoms with van der Waals surface area (Å²) < 4.78 is 0. The van der Waals surface area contributed by atoms with Crippen molar-refractivity contribution in [1.82, 2.24) is 5.48 Å². The lowest BCUT2D eigenvalue weighted by Gasteiger charge is -2.24. The molecular weight excluding hydrogens is 316 g/mol. The van der Waals surface area contributed by atoms with Gasteiger partial charge in [0, 0.05) is 11.1 Å². The summed E-state index contributed by atoms with van der Waals surface area (Å²) in [7, 11) is 0. The predicted molar refractivity (Wildman–Crippen MR) is 81.0 cm³/mol. The van der Waals surface area contributed by atoms with Crippen LogP contribution in [-0.2, 0) is 4.84 Å². The van der Waals surface area contributed by atoms with Crippen molar-refractivity contribution in [3.05, 3.63) is 64.9 Å². The van der Waals surface area contributed by atoms with E-state index in [-0.39, 0.29) is 22.6 Å². The van der Waals surface area contributed by atoms with Crippen LogP contribution in [-0.4, -0.2) is 34.2 Å². The number of carbonyl (C=O) groups excluding carboxylic acids is 2. The summed E-state index contributed by atoms with van der Waals surface area (Å²) in [5.74, 6) is -1.17. The second-order valence-corrected chi connectivity index (χ2v) is 5.27. The maximum atomic E-state index is 12.3. The van der Waals surface area contributed by atoms with Crippen LogP contribution in [0, 0.1) is 5.21 Å². The number of nitrogens with one attached hydrogen (secondary N) is 2. The van der Waals surface area contributed by atoms with Gasteiger partial charge in [-0.25, -0.2) is 4.84 Å². The number of Topliss-reactive ketones (excluding diaryl/α,β-unsaturated/α-hetero) is 2. The molecule has 1 aliphatic heterocycles. The topological polar surface area (TPSA) is 123 Å². The van der Waals surface area contributed by atoms with Gasteiger partial charge in [0.25, 0.3) is 12.0 Å². The average molecular weight is 330 g/mol. The molecule has 2 aromatic rings. The van der Waals surface area contributed by atoms with Crippen LogP contribution < -0.4 is 10.5 Å². The normalized spacial score (nSPS) is 23.1. The van der Waals surface area contributed by atoms with E-state index < -0.39 is 29.0 Å². The minimum atomic E-state index is -1.43. The van der Waals surface area contributed by atoms with Gasteiger partial charge in [-0.15, -0.1) is 5.48 Å². The van der Waals surface area contributed by atoms with Crippen molar-refractivity contribution in [2.24, 2.45) is 0 Å². The molecule has 1 fully saturated rings. The van der Waals surface area contributed by atoms with Crippen molar-refractivity contribution in [3.63, 3.8) is 0 Å². The molecule has 0 aromatic heterocycles. The van der Waals surface area contributed by atoms with Gasteiger partial charge < -0.3 is 20.5 Å². The largest absolute Gasteiger partial charge is 0.630 e. The standard InChI is InChI=1S/C16H14N2O6/c19-11-5-1-9(2-6-11)13(21)15-17-24-16(18(15)23)14(22)10-3-7-12(20)8-4-10/h1-8,15-20H. The lowest BCUT2D eigenvalue weighted by Crippen LogP contribution is -3.15. The molecule has 1 aliphatic rings. The quantitative estimate of drug-likeness (QED) is 0.449. The van der Waals surface area contributed by atoms with Crippen LogP contribution in [0.5, 0.6) is 11.5 Å². The fraction of sp³-hybridized carbons (Fsp3) is 0.125. The van der Waals surface area contributed by atoms with Crippen LogP contribution >= 0.6 is 0 Å². The summed E-state index contributed by atoms with van der Waals surface area (Å²) in [6, 6.07) is 10.8. The van der Waals surface area contributed by atoms with Crippen LogP contribution in [0.15, 0.2) is 48.5 Å². The molecule has 0 saturated carbocycles. The summed E-state index contributed by atoms with van der Waals surface area (Å²) in [5, 5.41) is 30.1. The highest BCUT2D eigenvalue weighted by Gasteiger charge is 2.43. The molecule has 124 valence electrons. The smallest absolute Gasteiger partial charge is 0.275 e. The second-order valence-electron chi connectivity index (χ2n) is 5.27. The van der Waals surface area contributed by atoms with Crippen LogP contribution in [0.2, 0.25) is 0 Å². The molecule has 1 heterocycles. The minimum Gasteiger partial charge on any atom is -0.630 e. The van der Waals surface area contributed by atoms with Gasteiger partial charge in [0.15, 0.2) is 0 Å². The van der Waals surface area contributed by atoms with Gasteiger partial charge in [0.2, 0.25) is 11.9 Å². The number of hydrogen-bond donors (Lipinski definition) is 4. The molecule has 8 nitrogen and oxygen atoms in total. The molecule has 8 heteroatoms. The van der Waals surface area contributed by atoms with Crippen LogP contribution in [0.3, 0.4) is 0 Å². The van der Waals surface area contributed by atoms with E-state index in [0.29, 0.717) is 0 Å². The summed E-state index contributed by atoms with van der Waals surface area (Å²) in [6.45, 7) is 0. The number of hydroxylamine groups is 3. The Kier molecular flexibility index (Phi) is 4.28. The van der Waals surface area contributed by atoms with E-state index in [9.17, 15) is 25.0 Å². The Labute approximate surface area is 136 Å². The maximum absolute atomic E-state index is 12.3. The Bertz CT molecular complexity index is 694. The number of phenols is 2. The Morgan fingerprint density at radius 1 is 0.917 bits per heavy atom. The third-order valence-electron chi connectivity index (χ3n) is 3.65. The van der Waals surface area contributed by atoms with E-state index in [1.165, 1.54) is 48.5 Å². The summed E-state index contributed by atoms with van der Waals surface area (Å²) in [4.78, 5) is 29.6. The molecule has 0 radical (unpaired) electrons. The van der Waals surface area contributed by atoms with E-state index >= 15 is 0 Å².